The van der Waals surface area contributed by atoms with Gasteiger partial charge in [0.05, 0.1) is 0 Å². The van der Waals surface area contributed by atoms with E-state index in [1.807, 2.05) is 42.1 Å². The number of thioether (sulfide) groups is 1. The second-order valence-electron chi connectivity index (χ2n) is 4.46. The van der Waals surface area contributed by atoms with Crippen LogP contribution in [0.1, 0.15) is 5.56 Å². The fraction of sp³-hybridized carbons (Fsp3) is 0.125. The SMILES string of the molecule is CNc1ccccc1CSc1nccn1-c1ccccn1. The van der Waals surface area contributed by atoms with Gasteiger partial charge in [-0.3, -0.25) is 4.57 Å². The van der Waals surface area contributed by atoms with Crippen LogP contribution in [0.2, 0.25) is 0 Å². The molecule has 2 heterocycles. The Morgan fingerprint density at radius 2 is 1.90 bits per heavy atom. The van der Waals surface area contributed by atoms with Gasteiger partial charge in [0.15, 0.2) is 5.16 Å². The van der Waals surface area contributed by atoms with Crippen LogP contribution in [0.3, 0.4) is 0 Å². The summed E-state index contributed by atoms with van der Waals surface area (Å²) in [6.45, 7) is 0. The minimum absolute atomic E-state index is 0.862. The van der Waals surface area contributed by atoms with Gasteiger partial charge >= 0.3 is 0 Å². The normalized spacial score (nSPS) is 10.5. The van der Waals surface area contributed by atoms with Gasteiger partial charge in [-0.2, -0.15) is 0 Å². The number of pyridine rings is 1. The number of benzene rings is 1. The third kappa shape index (κ3) is 3.08. The van der Waals surface area contributed by atoms with E-state index >= 15 is 0 Å². The standard InChI is InChI=1S/C16H16N4S/c1-17-14-7-3-2-6-13(14)12-21-16-19-10-11-20(16)15-8-4-5-9-18-15/h2-11,17H,12H2,1H3. The summed E-state index contributed by atoms with van der Waals surface area (Å²) in [7, 11) is 1.94. The molecule has 4 nitrogen and oxygen atoms in total. The van der Waals surface area contributed by atoms with E-state index in [9.17, 15) is 0 Å². The summed E-state index contributed by atoms with van der Waals surface area (Å²) in [4.78, 5) is 8.80. The molecule has 3 rings (SSSR count). The number of nitrogens with one attached hydrogen (secondary N) is 1. The van der Waals surface area contributed by atoms with Crippen molar-refractivity contribution in [1.29, 1.82) is 0 Å². The summed E-state index contributed by atoms with van der Waals surface area (Å²) in [5.74, 6) is 1.75. The Morgan fingerprint density at radius 3 is 2.71 bits per heavy atom. The quantitative estimate of drug-likeness (QED) is 0.731. The third-order valence-electron chi connectivity index (χ3n) is 3.15. The van der Waals surface area contributed by atoms with E-state index in [1.54, 1.807) is 24.2 Å². The maximum atomic E-state index is 4.43. The Bertz CT molecular complexity index is 709. The van der Waals surface area contributed by atoms with Gasteiger partial charge in [0.2, 0.25) is 0 Å². The topological polar surface area (TPSA) is 42.7 Å². The smallest absolute Gasteiger partial charge is 0.174 e. The first-order chi connectivity index (χ1) is 10.4. The van der Waals surface area contributed by atoms with Crippen LogP contribution in [-0.4, -0.2) is 21.6 Å². The van der Waals surface area contributed by atoms with Crippen LogP contribution in [0.25, 0.3) is 5.82 Å². The lowest BCUT2D eigenvalue weighted by Gasteiger charge is -2.09. The molecule has 0 unspecified atom stereocenters. The average molecular weight is 296 g/mol. The molecule has 5 heteroatoms. The lowest BCUT2D eigenvalue weighted by molar-refractivity contribution is 0.863. The Kier molecular flexibility index (Phi) is 4.21. The molecule has 0 radical (unpaired) electrons. The maximum absolute atomic E-state index is 4.43. The average Bonchev–Trinajstić information content (AvgIpc) is 3.02. The van der Waals surface area contributed by atoms with Gasteiger partial charge in [-0.25, -0.2) is 9.97 Å². The van der Waals surface area contributed by atoms with Gasteiger partial charge in [0.1, 0.15) is 5.82 Å². The van der Waals surface area contributed by atoms with Gasteiger partial charge in [-0.1, -0.05) is 36.0 Å². The van der Waals surface area contributed by atoms with Gasteiger partial charge in [0, 0.05) is 37.1 Å². The number of hydrogen-bond donors (Lipinski definition) is 1. The van der Waals surface area contributed by atoms with Crippen molar-refractivity contribution in [2.45, 2.75) is 10.9 Å². The van der Waals surface area contributed by atoms with E-state index in [1.165, 1.54) is 5.56 Å². The molecule has 0 bridgehead atoms. The van der Waals surface area contributed by atoms with Crippen LogP contribution in [-0.2, 0) is 5.75 Å². The molecule has 0 saturated heterocycles. The lowest BCUT2D eigenvalue weighted by atomic mass is 10.2. The number of imidazole rings is 1. The predicted molar refractivity (Wildman–Crippen MR) is 86.9 cm³/mol. The molecule has 0 atom stereocenters. The summed E-state index contributed by atoms with van der Waals surface area (Å²) in [5.41, 5.74) is 2.42. The van der Waals surface area contributed by atoms with E-state index in [2.05, 4.69) is 33.5 Å². The van der Waals surface area contributed by atoms with Crippen molar-refractivity contribution in [3.8, 4) is 5.82 Å². The fourth-order valence-electron chi connectivity index (χ4n) is 2.10. The Balaban J connectivity index is 1.79. The number of para-hydroxylation sites is 1. The summed E-state index contributed by atoms with van der Waals surface area (Å²) < 4.78 is 2.01. The molecule has 0 amide bonds. The van der Waals surface area contributed by atoms with Crippen LogP contribution < -0.4 is 5.32 Å². The maximum Gasteiger partial charge on any atom is 0.174 e. The predicted octanol–water partition coefficient (Wildman–Crippen LogP) is 3.60. The van der Waals surface area contributed by atoms with E-state index < -0.39 is 0 Å². The minimum atomic E-state index is 0.862. The molecule has 0 saturated carbocycles. The molecular weight excluding hydrogens is 280 g/mol. The van der Waals surface area contributed by atoms with Crippen molar-refractivity contribution in [3.05, 3.63) is 66.6 Å². The molecule has 3 aromatic rings. The Hall–Kier alpha value is -2.27. The Labute approximate surface area is 128 Å². The van der Waals surface area contributed by atoms with Crippen LogP contribution in [0.15, 0.2) is 66.2 Å². The van der Waals surface area contributed by atoms with Gasteiger partial charge in [-0.15, -0.1) is 0 Å². The number of anilines is 1. The first-order valence-corrected chi connectivity index (χ1v) is 7.70. The zero-order valence-corrected chi connectivity index (χ0v) is 12.5. The fourth-order valence-corrected chi connectivity index (χ4v) is 3.06. The lowest BCUT2D eigenvalue weighted by Crippen LogP contribution is -1.98. The van der Waals surface area contributed by atoms with Crippen molar-refractivity contribution >= 4 is 17.4 Å². The monoisotopic (exact) mass is 296 g/mol. The van der Waals surface area contributed by atoms with Crippen molar-refractivity contribution in [2.75, 3.05) is 12.4 Å². The van der Waals surface area contributed by atoms with Crippen molar-refractivity contribution in [1.82, 2.24) is 14.5 Å². The molecule has 1 N–H and O–H groups in total. The summed E-state index contributed by atoms with van der Waals surface area (Å²) >= 11 is 1.70. The molecule has 0 fully saturated rings. The highest BCUT2D eigenvalue weighted by Crippen LogP contribution is 2.26. The molecule has 0 aliphatic heterocycles. The number of aromatic nitrogens is 3. The highest BCUT2D eigenvalue weighted by atomic mass is 32.2. The summed E-state index contributed by atoms with van der Waals surface area (Å²) in [6.07, 6.45) is 5.54. The summed E-state index contributed by atoms with van der Waals surface area (Å²) in [5, 5.41) is 4.16. The number of hydrogen-bond acceptors (Lipinski definition) is 4. The first kappa shape index (κ1) is 13.7. The number of rotatable bonds is 5. The molecule has 1 aromatic carbocycles. The van der Waals surface area contributed by atoms with Crippen molar-refractivity contribution in [2.24, 2.45) is 0 Å². The molecular formula is C16H16N4S. The minimum Gasteiger partial charge on any atom is -0.388 e. The van der Waals surface area contributed by atoms with E-state index in [0.29, 0.717) is 0 Å². The molecule has 0 spiro atoms. The highest BCUT2D eigenvalue weighted by Gasteiger charge is 2.08. The zero-order chi connectivity index (χ0) is 14.5. The molecule has 21 heavy (non-hydrogen) atoms. The van der Waals surface area contributed by atoms with E-state index in [0.717, 1.165) is 22.4 Å². The first-order valence-electron chi connectivity index (χ1n) is 6.71. The third-order valence-corrected chi connectivity index (χ3v) is 4.16. The zero-order valence-electron chi connectivity index (χ0n) is 11.7. The van der Waals surface area contributed by atoms with E-state index in [-0.39, 0.29) is 0 Å². The second-order valence-corrected chi connectivity index (χ2v) is 5.41. The number of nitrogens with zero attached hydrogens (tertiary/aromatic N) is 3. The van der Waals surface area contributed by atoms with Gasteiger partial charge in [-0.05, 0) is 23.8 Å². The summed E-state index contributed by atoms with van der Waals surface area (Å²) in [6, 6.07) is 14.2. The molecule has 106 valence electrons. The van der Waals surface area contributed by atoms with Crippen molar-refractivity contribution < 1.29 is 0 Å². The molecule has 0 aliphatic carbocycles. The highest BCUT2D eigenvalue weighted by molar-refractivity contribution is 7.98. The Morgan fingerprint density at radius 1 is 1.05 bits per heavy atom. The van der Waals surface area contributed by atoms with Crippen LogP contribution in [0.5, 0.6) is 0 Å². The second kappa shape index (κ2) is 6.45. The largest absolute Gasteiger partial charge is 0.388 e. The van der Waals surface area contributed by atoms with Crippen LogP contribution in [0, 0.1) is 0 Å². The van der Waals surface area contributed by atoms with Gasteiger partial charge < -0.3 is 5.32 Å². The molecule has 0 aliphatic rings. The van der Waals surface area contributed by atoms with Crippen LogP contribution in [0.4, 0.5) is 5.69 Å². The van der Waals surface area contributed by atoms with Gasteiger partial charge in [0.25, 0.3) is 0 Å². The molecule has 2 aromatic heterocycles. The van der Waals surface area contributed by atoms with Crippen LogP contribution >= 0.6 is 11.8 Å². The van der Waals surface area contributed by atoms with Crippen molar-refractivity contribution in [3.63, 3.8) is 0 Å². The van der Waals surface area contributed by atoms with E-state index in [4.69, 9.17) is 0 Å².